The zero-order valence-electron chi connectivity index (χ0n) is 9.34. The molecular formula is C10H22N2O2. The predicted molar refractivity (Wildman–Crippen MR) is 57.2 cm³/mol. The summed E-state index contributed by atoms with van der Waals surface area (Å²) in [5.74, 6) is 0. The van der Waals surface area contributed by atoms with Crippen LogP contribution in [-0.4, -0.2) is 29.8 Å². The van der Waals surface area contributed by atoms with E-state index in [1.165, 1.54) is 0 Å². The predicted octanol–water partition coefficient (Wildman–Crippen LogP) is 1.25. The smallest absolute Gasteiger partial charge is 0.315 e. The summed E-state index contributed by atoms with van der Waals surface area (Å²) < 4.78 is 0. The lowest BCUT2D eigenvalue weighted by atomic mass is 10.2. The topological polar surface area (TPSA) is 61.4 Å². The van der Waals surface area contributed by atoms with Crippen LogP contribution < -0.4 is 10.6 Å². The molecule has 2 amide bonds. The Hall–Kier alpha value is -0.770. The third kappa shape index (κ3) is 6.71. The van der Waals surface area contributed by atoms with Gasteiger partial charge in [0.15, 0.2) is 0 Å². The molecule has 4 nitrogen and oxygen atoms in total. The molecule has 0 rings (SSSR count). The minimum atomic E-state index is -0.358. The standard InChI is InChI=1S/C10H22N2O2/c1-4-9(5-2)12-10(14)11-7-6-8(3)13/h8-9,13H,4-7H2,1-3H3,(H2,11,12,14). The fourth-order valence-electron chi connectivity index (χ4n) is 1.12. The normalized spacial score (nSPS) is 12.6. The van der Waals surface area contributed by atoms with E-state index in [2.05, 4.69) is 10.6 Å². The number of nitrogens with one attached hydrogen (secondary N) is 2. The molecule has 0 aromatic heterocycles. The van der Waals surface area contributed by atoms with Gasteiger partial charge in [-0.3, -0.25) is 0 Å². The number of hydrogen-bond acceptors (Lipinski definition) is 2. The molecule has 0 aromatic rings. The number of carbonyl (C=O) groups excluding carboxylic acids is 1. The Kier molecular flexibility index (Phi) is 7.20. The van der Waals surface area contributed by atoms with Crippen LogP contribution in [0, 0.1) is 0 Å². The van der Waals surface area contributed by atoms with Crippen molar-refractivity contribution in [2.24, 2.45) is 0 Å². The fourth-order valence-corrected chi connectivity index (χ4v) is 1.12. The number of amides is 2. The molecule has 0 radical (unpaired) electrons. The van der Waals surface area contributed by atoms with Gasteiger partial charge in [0, 0.05) is 12.6 Å². The highest BCUT2D eigenvalue weighted by Gasteiger charge is 2.07. The first kappa shape index (κ1) is 13.2. The van der Waals surface area contributed by atoms with Crippen molar-refractivity contribution in [3.8, 4) is 0 Å². The van der Waals surface area contributed by atoms with Crippen LogP contribution in [0.25, 0.3) is 0 Å². The van der Waals surface area contributed by atoms with E-state index < -0.39 is 0 Å². The van der Waals surface area contributed by atoms with Gasteiger partial charge >= 0.3 is 6.03 Å². The molecule has 1 unspecified atom stereocenters. The van der Waals surface area contributed by atoms with E-state index in [-0.39, 0.29) is 18.2 Å². The van der Waals surface area contributed by atoms with E-state index in [4.69, 9.17) is 5.11 Å². The molecule has 84 valence electrons. The van der Waals surface area contributed by atoms with Gasteiger partial charge < -0.3 is 15.7 Å². The van der Waals surface area contributed by atoms with E-state index >= 15 is 0 Å². The molecular weight excluding hydrogens is 180 g/mol. The van der Waals surface area contributed by atoms with E-state index in [9.17, 15) is 4.79 Å². The molecule has 0 aliphatic rings. The lowest BCUT2D eigenvalue weighted by Crippen LogP contribution is -2.42. The largest absolute Gasteiger partial charge is 0.393 e. The number of rotatable bonds is 6. The van der Waals surface area contributed by atoms with Gasteiger partial charge in [-0.25, -0.2) is 4.79 Å². The summed E-state index contributed by atoms with van der Waals surface area (Å²) in [6, 6.07) is 0.112. The van der Waals surface area contributed by atoms with Crippen LogP contribution in [0.3, 0.4) is 0 Å². The van der Waals surface area contributed by atoms with Crippen molar-refractivity contribution in [1.29, 1.82) is 0 Å². The van der Waals surface area contributed by atoms with Crippen molar-refractivity contribution in [3.05, 3.63) is 0 Å². The van der Waals surface area contributed by atoms with Gasteiger partial charge in [0.25, 0.3) is 0 Å². The highest BCUT2D eigenvalue weighted by atomic mass is 16.3. The number of carbonyl (C=O) groups is 1. The molecule has 3 N–H and O–H groups in total. The highest BCUT2D eigenvalue weighted by molar-refractivity contribution is 5.74. The quantitative estimate of drug-likeness (QED) is 0.607. The summed E-state index contributed by atoms with van der Waals surface area (Å²) in [5, 5.41) is 14.5. The Balaban J connectivity index is 3.54. The molecule has 0 bridgehead atoms. The summed E-state index contributed by atoms with van der Waals surface area (Å²) in [7, 11) is 0. The van der Waals surface area contributed by atoms with Gasteiger partial charge in [0.1, 0.15) is 0 Å². The maximum atomic E-state index is 11.2. The third-order valence-electron chi connectivity index (χ3n) is 2.17. The first-order valence-electron chi connectivity index (χ1n) is 5.32. The van der Waals surface area contributed by atoms with E-state index in [1.54, 1.807) is 6.92 Å². The SMILES string of the molecule is CCC(CC)NC(=O)NCCC(C)O. The van der Waals surface area contributed by atoms with Crippen molar-refractivity contribution in [2.75, 3.05) is 6.54 Å². The molecule has 0 aliphatic carbocycles. The van der Waals surface area contributed by atoms with E-state index in [0.717, 1.165) is 12.8 Å². The first-order valence-corrected chi connectivity index (χ1v) is 5.32. The van der Waals surface area contributed by atoms with E-state index in [0.29, 0.717) is 13.0 Å². The monoisotopic (exact) mass is 202 g/mol. The molecule has 0 saturated heterocycles. The summed E-state index contributed by atoms with van der Waals surface area (Å²) >= 11 is 0. The van der Waals surface area contributed by atoms with Gasteiger partial charge in [-0.05, 0) is 26.2 Å². The van der Waals surface area contributed by atoms with Gasteiger partial charge in [-0.1, -0.05) is 13.8 Å². The number of aliphatic hydroxyl groups is 1. The maximum absolute atomic E-state index is 11.2. The zero-order chi connectivity index (χ0) is 11.0. The number of urea groups is 1. The van der Waals surface area contributed by atoms with Gasteiger partial charge in [0.2, 0.25) is 0 Å². The minimum Gasteiger partial charge on any atom is -0.393 e. The van der Waals surface area contributed by atoms with Gasteiger partial charge in [-0.2, -0.15) is 0 Å². The minimum absolute atomic E-state index is 0.139. The Morgan fingerprint density at radius 3 is 2.36 bits per heavy atom. The average Bonchev–Trinajstić information content (AvgIpc) is 2.13. The fraction of sp³-hybridized carbons (Fsp3) is 0.900. The lowest BCUT2D eigenvalue weighted by Gasteiger charge is -2.15. The maximum Gasteiger partial charge on any atom is 0.315 e. The van der Waals surface area contributed by atoms with Crippen LogP contribution in [0.2, 0.25) is 0 Å². The van der Waals surface area contributed by atoms with Crippen molar-refractivity contribution in [1.82, 2.24) is 10.6 Å². The molecule has 4 heteroatoms. The number of hydrogen-bond donors (Lipinski definition) is 3. The van der Waals surface area contributed by atoms with Crippen molar-refractivity contribution in [2.45, 2.75) is 52.2 Å². The van der Waals surface area contributed by atoms with Crippen LogP contribution in [0.5, 0.6) is 0 Å². The van der Waals surface area contributed by atoms with E-state index in [1.807, 2.05) is 13.8 Å². The van der Waals surface area contributed by atoms with Gasteiger partial charge in [0.05, 0.1) is 6.10 Å². The van der Waals surface area contributed by atoms with Crippen molar-refractivity contribution in [3.63, 3.8) is 0 Å². The first-order chi connectivity index (χ1) is 6.60. The van der Waals surface area contributed by atoms with Crippen molar-refractivity contribution < 1.29 is 9.90 Å². The second-order valence-electron chi connectivity index (χ2n) is 3.55. The molecule has 0 aromatic carbocycles. The van der Waals surface area contributed by atoms with Crippen LogP contribution in [-0.2, 0) is 0 Å². The second-order valence-corrected chi connectivity index (χ2v) is 3.55. The van der Waals surface area contributed by atoms with Crippen LogP contribution in [0.15, 0.2) is 0 Å². The van der Waals surface area contributed by atoms with Crippen LogP contribution in [0.4, 0.5) is 4.79 Å². The lowest BCUT2D eigenvalue weighted by molar-refractivity contribution is 0.183. The Morgan fingerprint density at radius 2 is 1.93 bits per heavy atom. The Bertz CT molecular complexity index is 156. The summed E-state index contributed by atoms with van der Waals surface area (Å²) in [6.07, 6.45) is 2.13. The molecule has 14 heavy (non-hydrogen) atoms. The molecule has 0 aliphatic heterocycles. The average molecular weight is 202 g/mol. The summed E-state index contributed by atoms with van der Waals surface area (Å²) in [4.78, 5) is 11.2. The van der Waals surface area contributed by atoms with Crippen molar-refractivity contribution >= 4 is 6.03 Å². The molecule has 0 fully saturated rings. The number of aliphatic hydroxyl groups excluding tert-OH is 1. The second kappa shape index (κ2) is 7.62. The molecule has 1 atom stereocenters. The molecule has 0 spiro atoms. The third-order valence-corrected chi connectivity index (χ3v) is 2.17. The zero-order valence-corrected chi connectivity index (χ0v) is 9.34. The molecule has 0 saturated carbocycles. The Labute approximate surface area is 86.1 Å². The summed E-state index contributed by atoms with van der Waals surface area (Å²) in [6.45, 7) is 6.32. The van der Waals surface area contributed by atoms with Gasteiger partial charge in [-0.15, -0.1) is 0 Å². The highest BCUT2D eigenvalue weighted by Crippen LogP contribution is 1.95. The molecule has 0 heterocycles. The Morgan fingerprint density at radius 1 is 1.36 bits per heavy atom. The van der Waals surface area contributed by atoms with Crippen LogP contribution in [0.1, 0.15) is 40.0 Å². The van der Waals surface area contributed by atoms with Crippen LogP contribution >= 0.6 is 0 Å². The summed E-state index contributed by atoms with van der Waals surface area (Å²) in [5.41, 5.74) is 0.